The highest BCUT2D eigenvalue weighted by molar-refractivity contribution is 6.00. The highest BCUT2D eigenvalue weighted by atomic mass is 19.1. The van der Waals surface area contributed by atoms with Crippen LogP contribution in [-0.2, 0) is 24.2 Å². The van der Waals surface area contributed by atoms with Gasteiger partial charge in [0.1, 0.15) is 11.6 Å². The third-order valence-corrected chi connectivity index (χ3v) is 6.92. The molecule has 1 unspecified atom stereocenters. The SMILES string of the molecule is CCCN(CCC)C(=O)c1cc(C)cc(C(=O)N[C@@H](Cc2cc(F)cc(F)c2)C(N)COCc2cc(CC)ccn2)c1. The zero-order valence-corrected chi connectivity index (χ0v) is 25.0. The van der Waals surface area contributed by atoms with Gasteiger partial charge in [0.2, 0.25) is 0 Å². The molecule has 0 bridgehead atoms. The smallest absolute Gasteiger partial charge is 0.253 e. The monoisotopic (exact) mass is 580 g/mol. The Morgan fingerprint density at radius 1 is 0.952 bits per heavy atom. The van der Waals surface area contributed by atoms with Crippen molar-refractivity contribution in [2.45, 2.75) is 72.1 Å². The van der Waals surface area contributed by atoms with Gasteiger partial charge in [0.05, 0.1) is 24.9 Å². The zero-order chi connectivity index (χ0) is 30.6. The van der Waals surface area contributed by atoms with Crippen molar-refractivity contribution in [3.63, 3.8) is 0 Å². The van der Waals surface area contributed by atoms with Gasteiger partial charge in [0, 0.05) is 42.5 Å². The van der Waals surface area contributed by atoms with Crippen molar-refractivity contribution < 1.29 is 23.1 Å². The van der Waals surface area contributed by atoms with Crippen molar-refractivity contribution in [3.05, 3.63) is 99.9 Å². The van der Waals surface area contributed by atoms with Crippen molar-refractivity contribution >= 4 is 11.8 Å². The van der Waals surface area contributed by atoms with Crippen LogP contribution in [0.15, 0.2) is 54.7 Å². The molecule has 0 saturated heterocycles. The molecule has 0 aliphatic heterocycles. The second kappa shape index (κ2) is 16.1. The number of nitrogens with two attached hydrogens (primary N) is 1. The molecule has 2 amide bonds. The number of hydrogen-bond donors (Lipinski definition) is 2. The molecule has 3 aromatic rings. The largest absolute Gasteiger partial charge is 0.373 e. The summed E-state index contributed by atoms with van der Waals surface area (Å²) in [6.45, 7) is 9.46. The molecule has 42 heavy (non-hydrogen) atoms. The van der Waals surface area contributed by atoms with Crippen LogP contribution in [0.4, 0.5) is 8.78 Å². The van der Waals surface area contributed by atoms with E-state index in [1.807, 2.05) is 32.9 Å². The lowest BCUT2D eigenvalue weighted by atomic mass is 9.98. The van der Waals surface area contributed by atoms with Crippen molar-refractivity contribution in [3.8, 4) is 0 Å². The van der Waals surface area contributed by atoms with Crippen molar-refractivity contribution in [1.82, 2.24) is 15.2 Å². The number of benzene rings is 2. The fraction of sp³-hybridized carbons (Fsp3) is 0.424. The van der Waals surface area contributed by atoms with Crippen LogP contribution in [-0.4, -0.2) is 53.5 Å². The van der Waals surface area contributed by atoms with Gasteiger partial charge in [-0.1, -0.05) is 20.8 Å². The van der Waals surface area contributed by atoms with Gasteiger partial charge < -0.3 is 20.7 Å². The number of carbonyl (C=O) groups is 2. The molecule has 0 aliphatic rings. The molecule has 0 aliphatic carbocycles. The molecule has 7 nitrogen and oxygen atoms in total. The second-order valence-electron chi connectivity index (χ2n) is 10.6. The van der Waals surface area contributed by atoms with E-state index in [0.29, 0.717) is 29.8 Å². The Kier molecular flexibility index (Phi) is 12.6. The number of halogens is 2. The number of pyridine rings is 1. The quantitative estimate of drug-likeness (QED) is 0.252. The first-order valence-electron chi connectivity index (χ1n) is 14.6. The van der Waals surface area contributed by atoms with Crippen LogP contribution in [0.25, 0.3) is 0 Å². The van der Waals surface area contributed by atoms with Gasteiger partial charge >= 0.3 is 0 Å². The Labute approximate surface area is 247 Å². The van der Waals surface area contributed by atoms with Crippen LogP contribution < -0.4 is 11.1 Å². The van der Waals surface area contributed by atoms with Crippen molar-refractivity contribution in [2.75, 3.05) is 19.7 Å². The van der Waals surface area contributed by atoms with E-state index in [1.54, 1.807) is 29.3 Å². The number of hydrogen-bond acceptors (Lipinski definition) is 5. The third-order valence-electron chi connectivity index (χ3n) is 6.92. The van der Waals surface area contributed by atoms with Crippen LogP contribution in [0, 0.1) is 18.6 Å². The van der Waals surface area contributed by atoms with E-state index in [9.17, 15) is 18.4 Å². The van der Waals surface area contributed by atoms with Crippen LogP contribution in [0.1, 0.15) is 76.7 Å². The van der Waals surface area contributed by atoms with E-state index in [4.69, 9.17) is 10.5 Å². The number of aryl methyl sites for hydroxylation is 2. The normalized spacial score (nSPS) is 12.5. The maximum Gasteiger partial charge on any atom is 0.253 e. The number of amides is 2. The van der Waals surface area contributed by atoms with E-state index < -0.39 is 29.6 Å². The molecule has 1 heterocycles. The van der Waals surface area contributed by atoms with Crippen molar-refractivity contribution in [2.24, 2.45) is 5.73 Å². The molecule has 2 atom stereocenters. The molecule has 1 aromatic heterocycles. The Balaban J connectivity index is 1.80. The molecular formula is C33H42F2N4O3. The molecule has 3 rings (SSSR count). The van der Waals surface area contributed by atoms with Gasteiger partial charge in [0.25, 0.3) is 11.8 Å². The maximum absolute atomic E-state index is 14.0. The van der Waals surface area contributed by atoms with E-state index >= 15 is 0 Å². The summed E-state index contributed by atoms with van der Waals surface area (Å²) in [4.78, 5) is 32.9. The summed E-state index contributed by atoms with van der Waals surface area (Å²) < 4.78 is 33.8. The van der Waals surface area contributed by atoms with Crippen LogP contribution in [0.3, 0.4) is 0 Å². The average Bonchev–Trinajstić information content (AvgIpc) is 2.95. The van der Waals surface area contributed by atoms with E-state index in [0.717, 1.165) is 42.1 Å². The number of carbonyl (C=O) groups excluding carboxylic acids is 2. The Morgan fingerprint density at radius 3 is 2.26 bits per heavy atom. The van der Waals surface area contributed by atoms with Gasteiger partial charge in [-0.05, 0) is 91.8 Å². The molecule has 0 fully saturated rings. The number of nitrogens with one attached hydrogen (secondary N) is 1. The Hall–Kier alpha value is -3.69. The fourth-order valence-electron chi connectivity index (χ4n) is 4.86. The Morgan fingerprint density at radius 2 is 1.62 bits per heavy atom. The first-order chi connectivity index (χ1) is 20.1. The summed E-state index contributed by atoms with van der Waals surface area (Å²) in [5.41, 5.74) is 10.2. The molecule has 9 heteroatoms. The minimum Gasteiger partial charge on any atom is -0.373 e. The molecule has 0 radical (unpaired) electrons. The standard InChI is InChI=1S/C33H42F2N4O3/c1-5-10-39(11-6-2)33(41)26-13-22(4)12-25(18-26)32(40)38-31(17-24-14-27(34)19-28(35)15-24)30(36)21-42-20-29-16-23(7-3)8-9-37-29/h8-9,12-16,18-19,30-31H,5-7,10-11,17,20-21,36H2,1-4H3,(H,38,40)/t30?,31-/m0/s1. The van der Waals surface area contributed by atoms with Crippen molar-refractivity contribution in [1.29, 1.82) is 0 Å². The molecular weight excluding hydrogens is 538 g/mol. The number of rotatable bonds is 15. The zero-order valence-electron chi connectivity index (χ0n) is 25.0. The lowest BCUT2D eigenvalue weighted by Gasteiger charge is -2.26. The Bertz CT molecular complexity index is 1320. The summed E-state index contributed by atoms with van der Waals surface area (Å²) in [5, 5.41) is 2.93. The van der Waals surface area contributed by atoms with Gasteiger partial charge in [-0.25, -0.2) is 8.78 Å². The van der Waals surface area contributed by atoms with Gasteiger partial charge in [-0.15, -0.1) is 0 Å². The summed E-state index contributed by atoms with van der Waals surface area (Å²) in [5.74, 6) is -2.01. The summed E-state index contributed by atoms with van der Waals surface area (Å²) in [7, 11) is 0. The summed E-state index contributed by atoms with van der Waals surface area (Å²) >= 11 is 0. The molecule has 3 N–H and O–H groups in total. The predicted octanol–water partition coefficient (Wildman–Crippen LogP) is 5.38. The van der Waals surface area contributed by atoms with E-state index in [1.165, 1.54) is 12.1 Å². The molecule has 0 spiro atoms. The number of ether oxygens (including phenoxy) is 1. The van der Waals surface area contributed by atoms with E-state index in [-0.39, 0.29) is 25.5 Å². The van der Waals surface area contributed by atoms with Crippen LogP contribution in [0.5, 0.6) is 0 Å². The number of aromatic nitrogens is 1. The minimum absolute atomic E-state index is 0.0708. The molecule has 2 aromatic carbocycles. The maximum atomic E-state index is 14.0. The average molecular weight is 581 g/mol. The summed E-state index contributed by atoms with van der Waals surface area (Å²) in [6.07, 6.45) is 4.33. The first kappa shape index (κ1) is 32.8. The fourth-order valence-corrected chi connectivity index (χ4v) is 4.86. The van der Waals surface area contributed by atoms with Gasteiger partial charge in [0.15, 0.2) is 0 Å². The molecule has 0 saturated carbocycles. The van der Waals surface area contributed by atoms with E-state index in [2.05, 4.69) is 17.2 Å². The lowest BCUT2D eigenvalue weighted by Crippen LogP contribution is -2.51. The first-order valence-corrected chi connectivity index (χ1v) is 14.6. The number of nitrogens with zero attached hydrogens (tertiary/aromatic N) is 2. The highest BCUT2D eigenvalue weighted by Crippen LogP contribution is 2.16. The van der Waals surface area contributed by atoms with Crippen LogP contribution >= 0.6 is 0 Å². The minimum atomic E-state index is -0.718. The van der Waals surface area contributed by atoms with Gasteiger partial charge in [-0.2, -0.15) is 0 Å². The lowest BCUT2D eigenvalue weighted by molar-refractivity contribution is 0.0755. The topological polar surface area (TPSA) is 97.6 Å². The third kappa shape index (κ3) is 9.70. The molecule has 226 valence electrons. The second-order valence-corrected chi connectivity index (χ2v) is 10.6. The highest BCUT2D eigenvalue weighted by Gasteiger charge is 2.24. The van der Waals surface area contributed by atoms with Gasteiger partial charge in [-0.3, -0.25) is 14.6 Å². The summed E-state index contributed by atoms with van der Waals surface area (Å²) in [6, 6.07) is 10.8. The predicted molar refractivity (Wildman–Crippen MR) is 160 cm³/mol. The van der Waals surface area contributed by atoms with Crippen LogP contribution in [0.2, 0.25) is 0 Å².